The average Bonchev–Trinajstić information content (AvgIpc) is 3.34. The number of benzene rings is 3. The van der Waals surface area contributed by atoms with E-state index >= 15 is 0 Å². The quantitative estimate of drug-likeness (QED) is 0.680. The summed E-state index contributed by atoms with van der Waals surface area (Å²) in [6.45, 7) is 0.235. The van der Waals surface area contributed by atoms with E-state index in [4.69, 9.17) is 0 Å². The normalized spacial score (nSPS) is 26.0. The van der Waals surface area contributed by atoms with E-state index in [-0.39, 0.29) is 24.3 Å². The molecule has 6 rings (SSSR count). The molecule has 2 heterocycles. The van der Waals surface area contributed by atoms with Gasteiger partial charge in [-0.05, 0) is 28.3 Å². The lowest BCUT2D eigenvalue weighted by Crippen LogP contribution is -2.48. The summed E-state index contributed by atoms with van der Waals surface area (Å²) in [5, 5.41) is 3.12. The number of carbonyl (C=O) groups is 3. The van der Waals surface area contributed by atoms with Gasteiger partial charge in [0, 0.05) is 5.56 Å². The third kappa shape index (κ3) is 1.99. The van der Waals surface area contributed by atoms with E-state index in [1.54, 1.807) is 6.07 Å². The Bertz CT molecular complexity index is 1240. The van der Waals surface area contributed by atoms with E-state index in [0.717, 1.165) is 22.3 Å². The molecule has 30 heavy (non-hydrogen) atoms. The number of hydrogen-bond donors (Lipinski definition) is 1. The third-order valence-electron chi connectivity index (χ3n) is 6.68. The molecule has 1 saturated heterocycles. The maximum absolute atomic E-state index is 13.7. The predicted molar refractivity (Wildman–Crippen MR) is 109 cm³/mol. The van der Waals surface area contributed by atoms with Gasteiger partial charge in [0.15, 0.2) is 0 Å². The van der Waals surface area contributed by atoms with Gasteiger partial charge in [-0.3, -0.25) is 19.3 Å². The highest BCUT2D eigenvalue weighted by atomic mass is 16.2. The van der Waals surface area contributed by atoms with Gasteiger partial charge < -0.3 is 5.32 Å². The fourth-order valence-corrected chi connectivity index (χ4v) is 5.49. The van der Waals surface area contributed by atoms with E-state index in [1.807, 2.05) is 72.8 Å². The molecule has 0 aromatic heterocycles. The van der Waals surface area contributed by atoms with Gasteiger partial charge in [-0.1, -0.05) is 72.8 Å². The van der Waals surface area contributed by atoms with Crippen LogP contribution in [0.25, 0.3) is 0 Å². The lowest BCUT2D eigenvalue weighted by molar-refractivity contribution is -0.140. The fraction of sp³-hybridized carbons (Fsp3) is 0.160. The van der Waals surface area contributed by atoms with Crippen LogP contribution < -0.4 is 5.32 Å². The summed E-state index contributed by atoms with van der Waals surface area (Å²) < 4.78 is 0. The van der Waals surface area contributed by atoms with Crippen LogP contribution in [0.4, 0.5) is 0 Å². The highest BCUT2D eigenvalue weighted by Gasteiger charge is 2.67. The zero-order valence-electron chi connectivity index (χ0n) is 16.0. The zero-order chi connectivity index (χ0) is 20.5. The highest BCUT2D eigenvalue weighted by molar-refractivity contribution is 6.12. The van der Waals surface area contributed by atoms with Crippen molar-refractivity contribution in [1.82, 2.24) is 10.2 Å². The number of carbonyl (C=O) groups excluding carboxylic acids is 3. The van der Waals surface area contributed by atoms with Crippen molar-refractivity contribution in [2.45, 2.75) is 18.0 Å². The van der Waals surface area contributed by atoms with E-state index in [2.05, 4.69) is 5.32 Å². The summed E-state index contributed by atoms with van der Waals surface area (Å²) >= 11 is 0. The maximum Gasteiger partial charge on any atom is 0.252 e. The molecule has 1 fully saturated rings. The van der Waals surface area contributed by atoms with Gasteiger partial charge >= 0.3 is 0 Å². The summed E-state index contributed by atoms with van der Waals surface area (Å²) in [7, 11) is 0. The van der Waals surface area contributed by atoms with Crippen molar-refractivity contribution >= 4 is 17.7 Å². The lowest BCUT2D eigenvalue weighted by atomic mass is 9.76. The highest BCUT2D eigenvalue weighted by Crippen LogP contribution is 2.58. The Morgan fingerprint density at radius 2 is 1.43 bits per heavy atom. The molecule has 1 spiro atoms. The molecule has 5 nitrogen and oxygen atoms in total. The molecule has 3 amide bonds. The van der Waals surface area contributed by atoms with Crippen molar-refractivity contribution in [3.63, 3.8) is 0 Å². The van der Waals surface area contributed by atoms with Crippen molar-refractivity contribution in [2.24, 2.45) is 5.92 Å². The van der Waals surface area contributed by atoms with E-state index < -0.39 is 17.4 Å². The second kappa shape index (κ2) is 5.89. The first-order valence-corrected chi connectivity index (χ1v) is 10.0. The topological polar surface area (TPSA) is 66.5 Å². The fourth-order valence-electron chi connectivity index (χ4n) is 5.49. The average molecular weight is 394 g/mol. The molecular formula is C25H18N2O3. The van der Waals surface area contributed by atoms with Crippen LogP contribution in [-0.4, -0.2) is 22.6 Å². The van der Waals surface area contributed by atoms with E-state index in [9.17, 15) is 14.4 Å². The van der Waals surface area contributed by atoms with Gasteiger partial charge in [-0.2, -0.15) is 0 Å². The lowest BCUT2D eigenvalue weighted by Gasteiger charge is -2.32. The Morgan fingerprint density at radius 1 is 0.767 bits per heavy atom. The van der Waals surface area contributed by atoms with Crippen LogP contribution in [0.1, 0.15) is 38.5 Å². The first kappa shape index (κ1) is 17.2. The summed E-state index contributed by atoms with van der Waals surface area (Å²) in [6, 6.07) is 24.5. The number of rotatable bonds is 2. The third-order valence-corrected chi connectivity index (χ3v) is 6.68. The van der Waals surface area contributed by atoms with Crippen LogP contribution in [0.5, 0.6) is 0 Å². The second-order valence-electron chi connectivity index (χ2n) is 8.10. The summed E-state index contributed by atoms with van der Waals surface area (Å²) in [5.41, 5.74) is 2.91. The van der Waals surface area contributed by atoms with Gasteiger partial charge in [-0.15, -0.1) is 0 Å². The van der Waals surface area contributed by atoms with Crippen LogP contribution in [0.3, 0.4) is 0 Å². The summed E-state index contributed by atoms with van der Waals surface area (Å²) in [6.07, 6.45) is 0. The molecular weight excluding hydrogens is 376 g/mol. The Labute approximate surface area is 173 Å². The van der Waals surface area contributed by atoms with Crippen LogP contribution in [0.2, 0.25) is 0 Å². The largest absolute Gasteiger partial charge is 0.337 e. The molecule has 3 unspecified atom stereocenters. The molecule has 2 aliphatic heterocycles. The molecule has 3 aromatic carbocycles. The van der Waals surface area contributed by atoms with Crippen molar-refractivity contribution in [3.05, 3.63) is 107 Å². The van der Waals surface area contributed by atoms with E-state index in [0.29, 0.717) is 5.56 Å². The minimum atomic E-state index is -1.01. The smallest absolute Gasteiger partial charge is 0.252 e. The molecule has 146 valence electrons. The monoisotopic (exact) mass is 394 g/mol. The standard InChI is InChI=1S/C25H18N2O3/c28-22-17-11-5-7-13-19(17)25(26-22)18-12-6-4-10-16(18)20-21(25)24(30)27(23(20)29)14-15-8-2-1-3-9-15/h1-13,20-21H,14H2,(H,26,28). The molecule has 3 aromatic rings. The number of hydrogen-bond acceptors (Lipinski definition) is 3. The molecule has 5 heteroatoms. The number of nitrogens with one attached hydrogen (secondary N) is 1. The molecule has 3 aliphatic rings. The molecule has 0 saturated carbocycles. The van der Waals surface area contributed by atoms with Crippen LogP contribution in [-0.2, 0) is 21.7 Å². The van der Waals surface area contributed by atoms with E-state index in [1.165, 1.54) is 4.90 Å². The molecule has 3 atom stereocenters. The van der Waals surface area contributed by atoms with Crippen molar-refractivity contribution in [1.29, 1.82) is 0 Å². The Morgan fingerprint density at radius 3 is 2.23 bits per heavy atom. The van der Waals surface area contributed by atoms with Gasteiger partial charge in [-0.25, -0.2) is 0 Å². The number of amides is 3. The minimum absolute atomic E-state index is 0.197. The molecule has 1 N–H and O–H groups in total. The first-order chi connectivity index (χ1) is 14.6. The molecule has 0 radical (unpaired) electrons. The Kier molecular flexibility index (Phi) is 3.37. The maximum atomic E-state index is 13.7. The van der Waals surface area contributed by atoms with Crippen LogP contribution in [0, 0.1) is 5.92 Å². The summed E-state index contributed by atoms with van der Waals surface area (Å²) in [5.74, 6) is -1.91. The molecule has 1 aliphatic carbocycles. The van der Waals surface area contributed by atoms with Crippen molar-refractivity contribution in [2.75, 3.05) is 0 Å². The van der Waals surface area contributed by atoms with Gasteiger partial charge in [0.1, 0.15) is 5.54 Å². The Hall–Kier alpha value is -3.73. The number of likely N-dealkylation sites (tertiary alicyclic amines) is 1. The predicted octanol–water partition coefficient (Wildman–Crippen LogP) is 2.96. The number of imide groups is 1. The zero-order valence-corrected chi connectivity index (χ0v) is 16.0. The Balaban J connectivity index is 1.54. The van der Waals surface area contributed by atoms with Gasteiger partial charge in [0.25, 0.3) is 5.91 Å². The van der Waals surface area contributed by atoms with Crippen LogP contribution in [0.15, 0.2) is 78.9 Å². The minimum Gasteiger partial charge on any atom is -0.337 e. The molecule has 0 bridgehead atoms. The first-order valence-electron chi connectivity index (χ1n) is 10.0. The van der Waals surface area contributed by atoms with Crippen molar-refractivity contribution < 1.29 is 14.4 Å². The summed E-state index contributed by atoms with van der Waals surface area (Å²) in [4.78, 5) is 41.4. The van der Waals surface area contributed by atoms with Gasteiger partial charge in [0.05, 0.1) is 18.4 Å². The van der Waals surface area contributed by atoms with Crippen LogP contribution >= 0.6 is 0 Å². The van der Waals surface area contributed by atoms with Crippen molar-refractivity contribution in [3.8, 4) is 0 Å². The number of fused-ring (bicyclic) bond motifs is 7. The van der Waals surface area contributed by atoms with Gasteiger partial charge in [0.2, 0.25) is 11.8 Å². The number of nitrogens with zero attached hydrogens (tertiary/aromatic N) is 1. The SMILES string of the molecule is O=C1NC2(c3ccccc31)c1ccccc1C1C(=O)N(Cc3ccccc3)C(=O)C12. The second-order valence-corrected chi connectivity index (χ2v) is 8.10.